The van der Waals surface area contributed by atoms with Crippen molar-refractivity contribution in [1.29, 1.82) is 0 Å². The number of aromatic amines is 1. The zero-order valence-corrected chi connectivity index (χ0v) is 22.2. The second kappa shape index (κ2) is 12.6. The number of methoxy groups -OCH3 is 2. The molecular formula is C27H26Cl2FN4O4+. The number of aromatic nitrogens is 3. The molecule has 0 aliphatic rings. The van der Waals surface area contributed by atoms with Crippen LogP contribution in [0, 0.1) is 5.82 Å². The summed E-state index contributed by atoms with van der Waals surface area (Å²) in [6.45, 7) is 0.208. The molecule has 0 saturated heterocycles. The van der Waals surface area contributed by atoms with Crippen LogP contribution in [0.5, 0.6) is 11.5 Å². The molecule has 2 N–H and O–H groups in total. The molecular weight excluding hydrogens is 534 g/mol. The number of ether oxygens (including phenoxy) is 3. The average Bonchev–Trinajstić information content (AvgIpc) is 3.36. The first kappa shape index (κ1) is 27.2. The smallest absolute Gasteiger partial charge is 0.328 e. The maximum absolute atomic E-state index is 13.8. The molecule has 0 unspecified atom stereocenters. The normalized spacial score (nSPS) is 11.6. The van der Waals surface area contributed by atoms with Crippen LogP contribution in [0.2, 0.25) is 10.0 Å². The zero-order valence-electron chi connectivity index (χ0n) is 20.7. The van der Waals surface area contributed by atoms with Gasteiger partial charge in [0.05, 0.1) is 26.1 Å². The number of carbonyl (C=O) groups is 1. The van der Waals surface area contributed by atoms with Crippen molar-refractivity contribution in [2.24, 2.45) is 0 Å². The minimum absolute atomic E-state index is 0.131. The first-order valence-electron chi connectivity index (χ1n) is 11.6. The number of hydrogen-bond acceptors (Lipinski definition) is 6. The number of anilines is 1. The van der Waals surface area contributed by atoms with Crippen molar-refractivity contribution in [3.63, 3.8) is 0 Å². The van der Waals surface area contributed by atoms with Crippen LogP contribution in [-0.4, -0.2) is 30.0 Å². The number of H-pyrrole nitrogens is 1. The van der Waals surface area contributed by atoms with Crippen LogP contribution in [0.4, 0.5) is 10.1 Å². The van der Waals surface area contributed by atoms with E-state index in [0.717, 1.165) is 5.56 Å². The summed E-state index contributed by atoms with van der Waals surface area (Å²) in [5, 5.41) is 8.08. The van der Waals surface area contributed by atoms with Gasteiger partial charge in [0, 0.05) is 30.3 Å². The van der Waals surface area contributed by atoms with Gasteiger partial charge in [0.15, 0.2) is 23.9 Å². The molecule has 11 heteroatoms. The summed E-state index contributed by atoms with van der Waals surface area (Å²) in [5.74, 6) is 0.167. The van der Waals surface area contributed by atoms with E-state index in [4.69, 9.17) is 37.4 Å². The number of nitrogens with one attached hydrogen (secondary N) is 2. The van der Waals surface area contributed by atoms with Gasteiger partial charge in [-0.05, 0) is 29.8 Å². The molecule has 0 spiro atoms. The Morgan fingerprint density at radius 1 is 1.11 bits per heavy atom. The minimum Gasteiger partial charge on any atom is -0.493 e. The zero-order chi connectivity index (χ0) is 27.1. The molecule has 1 atom stereocenters. The van der Waals surface area contributed by atoms with Crippen LogP contribution in [0.3, 0.4) is 0 Å². The van der Waals surface area contributed by atoms with E-state index in [2.05, 4.69) is 15.4 Å². The van der Waals surface area contributed by atoms with Gasteiger partial charge in [0.1, 0.15) is 28.5 Å². The van der Waals surface area contributed by atoms with Crippen LogP contribution in [0.25, 0.3) is 0 Å². The summed E-state index contributed by atoms with van der Waals surface area (Å²) in [7, 11) is 3.07. The molecule has 8 nitrogen and oxygen atoms in total. The molecule has 0 aliphatic heterocycles. The maximum atomic E-state index is 13.8. The Hall–Kier alpha value is -3.82. The molecule has 2 aromatic heterocycles. The van der Waals surface area contributed by atoms with E-state index in [1.165, 1.54) is 17.9 Å². The van der Waals surface area contributed by atoms with Gasteiger partial charge in [-0.3, -0.25) is 9.48 Å². The van der Waals surface area contributed by atoms with Gasteiger partial charge in [0.25, 0.3) is 0 Å². The summed E-state index contributed by atoms with van der Waals surface area (Å²) < 4.78 is 32.0. The first-order chi connectivity index (χ1) is 18.4. The van der Waals surface area contributed by atoms with E-state index >= 15 is 0 Å². The van der Waals surface area contributed by atoms with E-state index in [1.54, 1.807) is 68.3 Å². The summed E-state index contributed by atoms with van der Waals surface area (Å²) in [6, 6.07) is 11.7. The van der Waals surface area contributed by atoms with E-state index in [0.29, 0.717) is 44.9 Å². The van der Waals surface area contributed by atoms with Crippen LogP contribution >= 0.6 is 23.2 Å². The number of esters is 1. The van der Waals surface area contributed by atoms with Gasteiger partial charge >= 0.3 is 5.97 Å². The van der Waals surface area contributed by atoms with Gasteiger partial charge in [0.2, 0.25) is 0 Å². The number of carbonyl (C=O) groups excluding carboxylic acids is 1. The molecule has 0 aliphatic carbocycles. The lowest BCUT2D eigenvalue weighted by molar-refractivity contribution is -0.377. The Morgan fingerprint density at radius 3 is 2.55 bits per heavy atom. The molecule has 2 heterocycles. The van der Waals surface area contributed by atoms with Crippen molar-refractivity contribution in [3.05, 3.63) is 99.8 Å². The number of para-hydroxylation sites is 1. The van der Waals surface area contributed by atoms with Crippen LogP contribution in [0.1, 0.15) is 22.8 Å². The molecule has 0 radical (unpaired) electrons. The van der Waals surface area contributed by atoms with Crippen molar-refractivity contribution in [3.8, 4) is 11.5 Å². The third kappa shape index (κ3) is 6.73. The number of pyridine rings is 1. The fourth-order valence-corrected chi connectivity index (χ4v) is 4.38. The summed E-state index contributed by atoms with van der Waals surface area (Å²) >= 11 is 12.8. The third-order valence-corrected chi connectivity index (χ3v) is 6.45. The maximum Gasteiger partial charge on any atom is 0.328 e. The predicted octanol–water partition coefficient (Wildman–Crippen LogP) is 5.30. The first-order valence-corrected chi connectivity index (χ1v) is 12.4. The molecule has 0 saturated carbocycles. The summed E-state index contributed by atoms with van der Waals surface area (Å²) in [6.07, 6.45) is 6.02. The van der Waals surface area contributed by atoms with Crippen LogP contribution in [0.15, 0.2) is 67.3 Å². The lowest BCUT2D eigenvalue weighted by Gasteiger charge is -2.20. The van der Waals surface area contributed by atoms with Gasteiger partial charge < -0.3 is 19.5 Å². The summed E-state index contributed by atoms with van der Waals surface area (Å²) in [4.78, 5) is 15.9. The number of nitrogens with zero attached hydrogens (tertiary/aromatic N) is 2. The average molecular weight is 560 g/mol. The van der Waals surface area contributed by atoms with Gasteiger partial charge in [-0.2, -0.15) is 5.10 Å². The van der Waals surface area contributed by atoms with Crippen molar-refractivity contribution in [1.82, 2.24) is 9.78 Å². The second-order valence-corrected chi connectivity index (χ2v) is 9.12. The second-order valence-electron chi connectivity index (χ2n) is 8.31. The predicted molar refractivity (Wildman–Crippen MR) is 141 cm³/mol. The highest BCUT2D eigenvalue weighted by molar-refractivity contribution is 6.35. The monoisotopic (exact) mass is 559 g/mol. The fourth-order valence-electron chi connectivity index (χ4n) is 3.85. The van der Waals surface area contributed by atoms with Gasteiger partial charge in [-0.25, -0.2) is 9.37 Å². The highest BCUT2D eigenvalue weighted by atomic mass is 35.5. The van der Waals surface area contributed by atoms with E-state index in [1.807, 2.05) is 0 Å². The molecule has 198 valence electrons. The van der Waals surface area contributed by atoms with Crippen LogP contribution in [-0.2, 0) is 29.0 Å². The summed E-state index contributed by atoms with van der Waals surface area (Å²) in [5.41, 5.74) is 2.45. The van der Waals surface area contributed by atoms with Crippen molar-refractivity contribution in [2.75, 3.05) is 19.5 Å². The Bertz CT molecular complexity index is 1400. The Kier molecular flexibility index (Phi) is 9.04. The highest BCUT2D eigenvalue weighted by Crippen LogP contribution is 2.35. The largest absolute Gasteiger partial charge is 0.493 e. The molecule has 38 heavy (non-hydrogen) atoms. The Labute approximate surface area is 229 Å². The molecule has 4 aromatic rings. The third-order valence-electron chi connectivity index (χ3n) is 5.77. The van der Waals surface area contributed by atoms with Crippen molar-refractivity contribution >= 4 is 34.9 Å². The van der Waals surface area contributed by atoms with Crippen LogP contribution < -0.4 is 19.8 Å². The molecule has 0 amide bonds. The minimum atomic E-state index is -0.725. The van der Waals surface area contributed by atoms with Gasteiger partial charge in [-0.15, -0.1) is 0 Å². The lowest BCUT2D eigenvalue weighted by atomic mass is 10.0. The Morgan fingerprint density at radius 2 is 1.84 bits per heavy atom. The SMILES string of the molecule is COc1ccc([C@H](Cc2c(Cl)c[nH+]cc2Cl)OC(=O)Cn2cc(CNc3ccccc3F)cn2)cc1OC. The molecule has 2 aromatic carbocycles. The standard InChI is InChI=1S/C27H25Cl2FN4O4/c1-36-24-8-7-18(9-26(24)37-2)25(10-19-20(28)13-31-14-21(19)29)38-27(35)16-34-15-17(12-33-34)11-32-23-6-4-3-5-22(23)30/h3-9,12-15,25,32H,10-11,16H2,1-2H3/p+1/t25-/m0/s1. The Balaban J connectivity index is 1.49. The number of rotatable bonds is 11. The molecule has 4 rings (SSSR count). The quantitative estimate of drug-likeness (QED) is 0.251. The number of hydrogen-bond donors (Lipinski definition) is 1. The molecule has 0 bridgehead atoms. The van der Waals surface area contributed by atoms with Crippen molar-refractivity contribution < 1.29 is 28.4 Å². The fraction of sp³-hybridized carbons (Fsp3) is 0.222. The van der Waals surface area contributed by atoms with E-state index in [9.17, 15) is 9.18 Å². The van der Waals surface area contributed by atoms with Crippen molar-refractivity contribution in [2.45, 2.75) is 25.6 Å². The van der Waals surface area contributed by atoms with Gasteiger partial charge in [-0.1, -0.05) is 41.4 Å². The molecule has 0 fully saturated rings. The van der Waals surface area contributed by atoms with E-state index in [-0.39, 0.29) is 18.8 Å². The van der Waals surface area contributed by atoms with E-state index < -0.39 is 12.1 Å². The topological polar surface area (TPSA) is 88.8 Å². The highest BCUT2D eigenvalue weighted by Gasteiger charge is 2.23. The number of benzene rings is 2. The lowest BCUT2D eigenvalue weighted by Crippen LogP contribution is -2.19. The number of halogens is 3.